The van der Waals surface area contributed by atoms with Gasteiger partial charge in [0.2, 0.25) is 0 Å². The van der Waals surface area contributed by atoms with Gasteiger partial charge in [0, 0.05) is 61.6 Å². The number of likely N-dealkylation sites (tertiary alicyclic amines) is 1. The molecule has 0 atom stereocenters. The van der Waals surface area contributed by atoms with E-state index in [2.05, 4.69) is 78.6 Å². The molecule has 0 bridgehead atoms. The summed E-state index contributed by atoms with van der Waals surface area (Å²) < 4.78 is 7.68. The highest BCUT2D eigenvalue weighted by atomic mass is 16.5. The Balaban J connectivity index is 1.46. The molecule has 1 amide bonds. The van der Waals surface area contributed by atoms with Crippen molar-refractivity contribution in [3.8, 4) is 11.4 Å². The second kappa shape index (κ2) is 11.5. The molecule has 2 aliphatic heterocycles. The number of nitrogens with zero attached hydrogens (tertiary/aromatic N) is 4. The highest BCUT2D eigenvalue weighted by molar-refractivity contribution is 5.99. The minimum absolute atomic E-state index is 0.140. The number of fused-ring (bicyclic) bond motifs is 1. The number of carbonyl (C=O) groups excluding carboxylic acids is 1. The molecule has 0 saturated carbocycles. The standard InChI is InChI=1S/C32H44N4O2/c1-23(2)21-33-14-12-25(13-15-33)30-22-36(27-7-9-28(38-5)10-8-27)31-20-26(6-11-29(30)31)32(37)35-18-16-34(17-19-35)24(3)4/h6-11,20,22-25H,12-19,21H2,1-5H3. The van der Waals surface area contributed by atoms with Crippen LogP contribution in [0, 0.1) is 5.92 Å². The SMILES string of the molecule is COc1ccc(-n2cc(C3CCN(CC(C)C)CC3)c3ccc(C(=O)N4CCN(C(C)C)CC4)cc32)cc1. The molecule has 6 heteroatoms. The Morgan fingerprint density at radius 3 is 2.21 bits per heavy atom. The summed E-state index contributed by atoms with van der Waals surface area (Å²) >= 11 is 0. The van der Waals surface area contributed by atoms with Gasteiger partial charge in [0.15, 0.2) is 0 Å². The summed E-state index contributed by atoms with van der Waals surface area (Å²) in [4.78, 5) is 20.6. The maximum absolute atomic E-state index is 13.6. The molecule has 6 nitrogen and oxygen atoms in total. The second-order valence-electron chi connectivity index (χ2n) is 11.8. The van der Waals surface area contributed by atoms with Gasteiger partial charge in [-0.15, -0.1) is 0 Å². The first-order valence-corrected chi connectivity index (χ1v) is 14.4. The minimum atomic E-state index is 0.140. The van der Waals surface area contributed by atoms with Crippen molar-refractivity contribution in [3.05, 3.63) is 59.8 Å². The molecule has 2 saturated heterocycles. The predicted molar refractivity (Wildman–Crippen MR) is 156 cm³/mol. The highest BCUT2D eigenvalue weighted by Crippen LogP contribution is 2.37. The van der Waals surface area contributed by atoms with Gasteiger partial charge in [0.1, 0.15) is 5.75 Å². The Hall–Kier alpha value is -2.83. The summed E-state index contributed by atoms with van der Waals surface area (Å²) in [6, 6.07) is 15.1. The molecule has 2 fully saturated rings. The Labute approximate surface area is 228 Å². The maximum Gasteiger partial charge on any atom is 0.254 e. The minimum Gasteiger partial charge on any atom is -0.497 e. The average Bonchev–Trinajstić information content (AvgIpc) is 3.31. The number of benzene rings is 2. The van der Waals surface area contributed by atoms with Crippen molar-refractivity contribution in [2.75, 3.05) is 52.9 Å². The molecule has 2 aliphatic rings. The molecule has 2 aromatic carbocycles. The summed E-state index contributed by atoms with van der Waals surface area (Å²) in [7, 11) is 1.70. The van der Waals surface area contributed by atoms with E-state index < -0.39 is 0 Å². The fourth-order valence-corrected chi connectivity index (χ4v) is 6.23. The van der Waals surface area contributed by atoms with Crippen LogP contribution >= 0.6 is 0 Å². The van der Waals surface area contributed by atoms with Crippen LogP contribution in [0.3, 0.4) is 0 Å². The number of piperazine rings is 1. The fraction of sp³-hybridized carbons (Fsp3) is 0.531. The van der Waals surface area contributed by atoms with E-state index in [4.69, 9.17) is 4.74 Å². The van der Waals surface area contributed by atoms with Crippen molar-refractivity contribution in [3.63, 3.8) is 0 Å². The highest BCUT2D eigenvalue weighted by Gasteiger charge is 2.27. The van der Waals surface area contributed by atoms with E-state index in [1.807, 2.05) is 17.0 Å². The van der Waals surface area contributed by atoms with Gasteiger partial charge in [0.25, 0.3) is 5.91 Å². The zero-order valence-corrected chi connectivity index (χ0v) is 23.8. The van der Waals surface area contributed by atoms with Crippen molar-refractivity contribution < 1.29 is 9.53 Å². The van der Waals surface area contributed by atoms with Crippen LogP contribution in [-0.4, -0.2) is 84.1 Å². The van der Waals surface area contributed by atoms with E-state index in [9.17, 15) is 4.79 Å². The number of methoxy groups -OCH3 is 1. The number of piperidine rings is 1. The lowest BCUT2D eigenvalue weighted by Gasteiger charge is -2.37. The van der Waals surface area contributed by atoms with Crippen LogP contribution < -0.4 is 4.74 Å². The summed E-state index contributed by atoms with van der Waals surface area (Å²) in [5.74, 6) is 2.22. The van der Waals surface area contributed by atoms with E-state index >= 15 is 0 Å². The molecule has 0 radical (unpaired) electrons. The summed E-state index contributed by atoms with van der Waals surface area (Å²) in [6.07, 6.45) is 4.68. The molecule has 5 rings (SSSR count). The van der Waals surface area contributed by atoms with E-state index in [1.165, 1.54) is 30.3 Å². The van der Waals surface area contributed by atoms with Crippen LogP contribution in [0.1, 0.15) is 62.4 Å². The van der Waals surface area contributed by atoms with Crippen LogP contribution in [0.5, 0.6) is 5.75 Å². The maximum atomic E-state index is 13.6. The molecule has 0 unspecified atom stereocenters. The molecule has 38 heavy (non-hydrogen) atoms. The normalized spacial score (nSPS) is 18.1. The number of ether oxygens (including phenoxy) is 1. The number of carbonyl (C=O) groups is 1. The van der Waals surface area contributed by atoms with Gasteiger partial charge in [-0.25, -0.2) is 0 Å². The first kappa shape index (κ1) is 26.8. The molecule has 3 aromatic rings. The second-order valence-corrected chi connectivity index (χ2v) is 11.8. The number of amides is 1. The van der Waals surface area contributed by atoms with E-state index in [0.29, 0.717) is 17.9 Å². The van der Waals surface area contributed by atoms with Gasteiger partial charge in [-0.2, -0.15) is 0 Å². The largest absolute Gasteiger partial charge is 0.497 e. The van der Waals surface area contributed by atoms with Gasteiger partial charge in [0.05, 0.1) is 12.6 Å². The average molecular weight is 517 g/mol. The van der Waals surface area contributed by atoms with Crippen LogP contribution in [-0.2, 0) is 0 Å². The smallest absolute Gasteiger partial charge is 0.254 e. The topological polar surface area (TPSA) is 41.0 Å². The molecule has 0 N–H and O–H groups in total. The summed E-state index contributed by atoms with van der Waals surface area (Å²) in [6.45, 7) is 16.0. The molecular weight excluding hydrogens is 472 g/mol. The lowest BCUT2D eigenvalue weighted by molar-refractivity contribution is 0.0595. The third kappa shape index (κ3) is 5.62. The molecule has 0 aliphatic carbocycles. The zero-order chi connectivity index (χ0) is 26.8. The first-order chi connectivity index (χ1) is 18.3. The Morgan fingerprint density at radius 2 is 1.61 bits per heavy atom. The Morgan fingerprint density at radius 1 is 0.921 bits per heavy atom. The van der Waals surface area contributed by atoms with Crippen LogP contribution in [0.4, 0.5) is 0 Å². The summed E-state index contributed by atoms with van der Waals surface area (Å²) in [5.41, 5.74) is 4.39. The van der Waals surface area contributed by atoms with Crippen molar-refractivity contribution in [1.82, 2.24) is 19.3 Å². The van der Waals surface area contributed by atoms with Crippen LogP contribution in [0.15, 0.2) is 48.7 Å². The van der Waals surface area contributed by atoms with Crippen molar-refractivity contribution in [2.45, 2.75) is 52.5 Å². The first-order valence-electron chi connectivity index (χ1n) is 14.4. The van der Waals surface area contributed by atoms with E-state index in [-0.39, 0.29) is 5.91 Å². The molecule has 1 aromatic heterocycles. The van der Waals surface area contributed by atoms with Crippen molar-refractivity contribution in [2.24, 2.45) is 5.92 Å². The Kier molecular flexibility index (Phi) is 8.10. The number of aromatic nitrogens is 1. The van der Waals surface area contributed by atoms with Crippen molar-refractivity contribution >= 4 is 16.8 Å². The fourth-order valence-electron chi connectivity index (χ4n) is 6.23. The zero-order valence-electron chi connectivity index (χ0n) is 23.8. The Bertz CT molecular complexity index is 1230. The third-order valence-corrected chi connectivity index (χ3v) is 8.42. The van der Waals surface area contributed by atoms with Gasteiger partial charge < -0.3 is 19.1 Å². The van der Waals surface area contributed by atoms with Crippen LogP contribution in [0.2, 0.25) is 0 Å². The number of rotatable bonds is 7. The number of hydrogen-bond donors (Lipinski definition) is 0. The van der Waals surface area contributed by atoms with Gasteiger partial charge in [-0.3, -0.25) is 9.69 Å². The summed E-state index contributed by atoms with van der Waals surface area (Å²) in [5, 5.41) is 1.27. The quantitative estimate of drug-likeness (QED) is 0.408. The third-order valence-electron chi connectivity index (χ3n) is 8.42. The molecule has 0 spiro atoms. The molecule has 204 valence electrons. The van der Waals surface area contributed by atoms with Gasteiger partial charge in [-0.1, -0.05) is 19.9 Å². The lowest BCUT2D eigenvalue weighted by atomic mass is 9.88. The monoisotopic (exact) mass is 516 g/mol. The van der Waals surface area contributed by atoms with Gasteiger partial charge in [-0.05, 0) is 93.6 Å². The molecule has 3 heterocycles. The van der Waals surface area contributed by atoms with E-state index in [1.54, 1.807) is 7.11 Å². The predicted octanol–water partition coefficient (Wildman–Crippen LogP) is 5.64. The van der Waals surface area contributed by atoms with Gasteiger partial charge >= 0.3 is 0 Å². The lowest BCUT2D eigenvalue weighted by Crippen LogP contribution is -2.50. The van der Waals surface area contributed by atoms with Crippen molar-refractivity contribution in [1.29, 1.82) is 0 Å². The van der Waals surface area contributed by atoms with E-state index in [0.717, 1.165) is 61.8 Å². The number of hydrogen-bond acceptors (Lipinski definition) is 4. The molecular formula is C32H44N4O2. The van der Waals surface area contributed by atoms with Crippen LogP contribution in [0.25, 0.3) is 16.6 Å².